The van der Waals surface area contributed by atoms with Crippen LogP contribution in [0.25, 0.3) is 0 Å². The summed E-state index contributed by atoms with van der Waals surface area (Å²) in [4.78, 5) is 11.7. The summed E-state index contributed by atoms with van der Waals surface area (Å²) >= 11 is 0. The van der Waals surface area contributed by atoms with Crippen molar-refractivity contribution in [1.82, 2.24) is 4.57 Å². The second-order valence-corrected chi connectivity index (χ2v) is 3.76. The largest absolute Gasteiger partial charge is 0.491 e. The average molecular weight is 195 g/mol. The monoisotopic (exact) mass is 195 g/mol. The second-order valence-electron chi connectivity index (χ2n) is 3.76. The normalized spacial score (nSPS) is 10.6. The molecule has 0 bridgehead atoms. The minimum absolute atomic E-state index is 0.0457. The number of methoxy groups -OCH3 is 1. The van der Waals surface area contributed by atoms with Gasteiger partial charge in [-0.25, -0.2) is 0 Å². The van der Waals surface area contributed by atoms with Gasteiger partial charge in [-0.3, -0.25) is 4.79 Å². The molecule has 0 N–H and O–H groups in total. The molecule has 0 atom stereocenters. The van der Waals surface area contributed by atoms with Crippen molar-refractivity contribution in [3.8, 4) is 5.75 Å². The predicted molar refractivity (Wildman–Crippen MR) is 56.7 cm³/mol. The lowest BCUT2D eigenvalue weighted by Crippen LogP contribution is -2.21. The van der Waals surface area contributed by atoms with Crippen LogP contribution in [-0.4, -0.2) is 11.7 Å². The SMILES string of the molecule is COc1cccn(CCC(C)C)c1=O. The molecule has 78 valence electrons. The molecule has 0 unspecified atom stereocenters. The molecular formula is C11H17NO2. The number of pyridine rings is 1. The van der Waals surface area contributed by atoms with E-state index in [2.05, 4.69) is 13.8 Å². The van der Waals surface area contributed by atoms with Crippen LogP contribution >= 0.6 is 0 Å². The van der Waals surface area contributed by atoms with Gasteiger partial charge in [0.25, 0.3) is 5.56 Å². The smallest absolute Gasteiger partial charge is 0.292 e. The van der Waals surface area contributed by atoms with Gasteiger partial charge in [-0.2, -0.15) is 0 Å². The van der Waals surface area contributed by atoms with E-state index in [1.54, 1.807) is 16.8 Å². The van der Waals surface area contributed by atoms with Crippen LogP contribution in [-0.2, 0) is 6.54 Å². The zero-order valence-electron chi connectivity index (χ0n) is 8.99. The Morgan fingerprint density at radius 3 is 2.79 bits per heavy atom. The maximum absolute atomic E-state index is 11.7. The fourth-order valence-electron chi connectivity index (χ4n) is 1.24. The molecule has 1 rings (SSSR count). The molecule has 3 heteroatoms. The Labute approximate surface area is 84.3 Å². The van der Waals surface area contributed by atoms with Crippen LogP contribution in [0, 0.1) is 5.92 Å². The molecule has 0 aliphatic rings. The van der Waals surface area contributed by atoms with E-state index >= 15 is 0 Å². The molecule has 0 saturated heterocycles. The summed E-state index contributed by atoms with van der Waals surface area (Å²) in [5.41, 5.74) is -0.0457. The molecule has 14 heavy (non-hydrogen) atoms. The Kier molecular flexibility index (Phi) is 3.74. The van der Waals surface area contributed by atoms with Gasteiger partial charge >= 0.3 is 0 Å². The highest BCUT2D eigenvalue weighted by Gasteiger charge is 2.02. The first-order valence-corrected chi connectivity index (χ1v) is 4.88. The summed E-state index contributed by atoms with van der Waals surface area (Å²) in [6.45, 7) is 5.05. The zero-order chi connectivity index (χ0) is 10.6. The lowest BCUT2D eigenvalue weighted by atomic mass is 10.1. The molecular weight excluding hydrogens is 178 g/mol. The Morgan fingerprint density at radius 1 is 1.50 bits per heavy atom. The quantitative estimate of drug-likeness (QED) is 0.734. The standard InChI is InChI=1S/C11H17NO2/c1-9(2)6-8-12-7-4-5-10(14-3)11(12)13/h4-5,7,9H,6,8H2,1-3H3. The van der Waals surface area contributed by atoms with Gasteiger partial charge in [-0.15, -0.1) is 0 Å². The van der Waals surface area contributed by atoms with Crippen LogP contribution in [0.5, 0.6) is 5.75 Å². The summed E-state index contributed by atoms with van der Waals surface area (Å²) in [5, 5.41) is 0. The topological polar surface area (TPSA) is 31.2 Å². The van der Waals surface area contributed by atoms with E-state index in [4.69, 9.17) is 4.74 Å². The minimum Gasteiger partial charge on any atom is -0.491 e. The van der Waals surface area contributed by atoms with Crippen molar-refractivity contribution in [3.63, 3.8) is 0 Å². The zero-order valence-corrected chi connectivity index (χ0v) is 8.99. The Hall–Kier alpha value is -1.25. The van der Waals surface area contributed by atoms with Gasteiger partial charge in [-0.1, -0.05) is 13.8 Å². The van der Waals surface area contributed by atoms with E-state index in [9.17, 15) is 4.79 Å². The van der Waals surface area contributed by atoms with Gasteiger partial charge in [0.15, 0.2) is 5.75 Å². The highest BCUT2D eigenvalue weighted by Crippen LogP contribution is 2.04. The summed E-state index contributed by atoms with van der Waals surface area (Å²) in [7, 11) is 1.52. The van der Waals surface area contributed by atoms with Gasteiger partial charge in [0.05, 0.1) is 7.11 Å². The number of aryl methyl sites for hydroxylation is 1. The van der Waals surface area contributed by atoms with Crippen molar-refractivity contribution in [3.05, 3.63) is 28.7 Å². The summed E-state index contributed by atoms with van der Waals surface area (Å²) in [5.74, 6) is 1.02. The lowest BCUT2D eigenvalue weighted by Gasteiger charge is -2.08. The molecule has 0 saturated carbocycles. The second kappa shape index (κ2) is 4.84. The van der Waals surface area contributed by atoms with Crippen molar-refractivity contribution in [2.75, 3.05) is 7.11 Å². The van der Waals surface area contributed by atoms with Crippen molar-refractivity contribution >= 4 is 0 Å². The predicted octanol–water partition coefficient (Wildman–Crippen LogP) is 1.90. The van der Waals surface area contributed by atoms with Crippen molar-refractivity contribution in [1.29, 1.82) is 0 Å². The molecule has 0 spiro atoms. The van der Waals surface area contributed by atoms with Crippen LogP contribution in [0.15, 0.2) is 23.1 Å². The first-order valence-electron chi connectivity index (χ1n) is 4.88. The molecule has 0 aromatic carbocycles. The third-order valence-corrected chi connectivity index (χ3v) is 2.15. The van der Waals surface area contributed by atoms with Gasteiger partial charge in [0.1, 0.15) is 0 Å². The summed E-state index contributed by atoms with van der Waals surface area (Å²) in [6.07, 6.45) is 2.81. The average Bonchev–Trinajstić information content (AvgIpc) is 2.16. The van der Waals surface area contributed by atoms with E-state index in [0.29, 0.717) is 11.7 Å². The van der Waals surface area contributed by atoms with E-state index in [1.165, 1.54) is 7.11 Å². The minimum atomic E-state index is -0.0457. The molecule has 1 heterocycles. The fraction of sp³-hybridized carbons (Fsp3) is 0.545. The molecule has 0 amide bonds. The van der Waals surface area contributed by atoms with E-state index in [-0.39, 0.29) is 5.56 Å². The number of ether oxygens (including phenoxy) is 1. The van der Waals surface area contributed by atoms with Gasteiger partial charge in [-0.05, 0) is 24.5 Å². The summed E-state index contributed by atoms with van der Waals surface area (Å²) < 4.78 is 6.65. The maximum atomic E-state index is 11.7. The van der Waals surface area contributed by atoms with Crippen molar-refractivity contribution < 1.29 is 4.74 Å². The highest BCUT2D eigenvalue weighted by molar-refractivity contribution is 5.16. The van der Waals surface area contributed by atoms with Crippen LogP contribution in [0.4, 0.5) is 0 Å². The molecule has 0 aliphatic heterocycles. The number of nitrogens with zero attached hydrogens (tertiary/aromatic N) is 1. The Balaban J connectivity index is 2.82. The summed E-state index contributed by atoms with van der Waals surface area (Å²) in [6, 6.07) is 3.52. The molecule has 0 radical (unpaired) electrons. The molecule has 0 fully saturated rings. The van der Waals surface area contributed by atoms with Crippen molar-refractivity contribution in [2.45, 2.75) is 26.8 Å². The molecule has 3 nitrogen and oxygen atoms in total. The van der Waals surface area contributed by atoms with Gasteiger partial charge in [0.2, 0.25) is 0 Å². The maximum Gasteiger partial charge on any atom is 0.292 e. The van der Waals surface area contributed by atoms with Crippen LogP contribution in [0.3, 0.4) is 0 Å². The third-order valence-electron chi connectivity index (χ3n) is 2.15. The fourth-order valence-corrected chi connectivity index (χ4v) is 1.24. The van der Waals surface area contributed by atoms with E-state index in [0.717, 1.165) is 13.0 Å². The number of hydrogen-bond donors (Lipinski definition) is 0. The van der Waals surface area contributed by atoms with Gasteiger partial charge in [0, 0.05) is 12.7 Å². The van der Waals surface area contributed by atoms with Gasteiger partial charge < -0.3 is 9.30 Å². The van der Waals surface area contributed by atoms with E-state index < -0.39 is 0 Å². The molecule has 1 aromatic heterocycles. The Bertz CT molecular complexity index is 341. The van der Waals surface area contributed by atoms with Crippen LogP contribution in [0.1, 0.15) is 20.3 Å². The highest BCUT2D eigenvalue weighted by atomic mass is 16.5. The molecule has 0 aliphatic carbocycles. The number of hydrogen-bond acceptors (Lipinski definition) is 2. The van der Waals surface area contributed by atoms with Crippen LogP contribution < -0.4 is 10.3 Å². The Morgan fingerprint density at radius 2 is 2.21 bits per heavy atom. The first kappa shape index (κ1) is 10.8. The van der Waals surface area contributed by atoms with E-state index in [1.807, 2.05) is 6.07 Å². The lowest BCUT2D eigenvalue weighted by molar-refractivity contribution is 0.399. The first-order chi connectivity index (χ1) is 6.65. The number of aromatic nitrogens is 1. The van der Waals surface area contributed by atoms with Crippen molar-refractivity contribution in [2.24, 2.45) is 5.92 Å². The molecule has 1 aromatic rings. The van der Waals surface area contributed by atoms with Crippen LogP contribution in [0.2, 0.25) is 0 Å². The number of rotatable bonds is 4. The third kappa shape index (κ3) is 2.62.